The lowest BCUT2D eigenvalue weighted by Crippen LogP contribution is -2.41. The van der Waals surface area contributed by atoms with Crippen LogP contribution in [0.25, 0.3) is 10.9 Å². The number of carbonyl (C=O) groups excluding carboxylic acids is 1. The summed E-state index contributed by atoms with van der Waals surface area (Å²) >= 11 is 13.3. The first-order valence-corrected chi connectivity index (χ1v) is 12.7. The fourth-order valence-electron chi connectivity index (χ4n) is 5.54. The van der Waals surface area contributed by atoms with Crippen molar-refractivity contribution in [1.29, 1.82) is 5.26 Å². The largest absolute Gasteiger partial charge is 0.347 e. The predicted octanol–water partition coefficient (Wildman–Crippen LogP) is 6.30. The summed E-state index contributed by atoms with van der Waals surface area (Å²) in [6, 6.07) is 8.10. The van der Waals surface area contributed by atoms with Crippen LogP contribution in [-0.2, 0) is 13.5 Å². The summed E-state index contributed by atoms with van der Waals surface area (Å²) in [6.07, 6.45) is 8.15. The summed E-state index contributed by atoms with van der Waals surface area (Å²) in [7, 11) is 1.97. The summed E-state index contributed by atoms with van der Waals surface area (Å²) in [4.78, 5) is 19.6. The molecule has 0 radical (unpaired) electrons. The van der Waals surface area contributed by atoms with Gasteiger partial charge in [-0.1, -0.05) is 42.5 Å². The summed E-state index contributed by atoms with van der Waals surface area (Å²) < 4.78 is 2.05. The average molecular weight is 495 g/mol. The van der Waals surface area contributed by atoms with Gasteiger partial charge in [0.25, 0.3) is 5.91 Å². The van der Waals surface area contributed by atoms with Gasteiger partial charge in [-0.05, 0) is 55.4 Å². The van der Waals surface area contributed by atoms with Gasteiger partial charge in [0.2, 0.25) is 0 Å². The second kappa shape index (κ2) is 9.24. The number of hydrogen-bond acceptors (Lipinski definition) is 3. The molecule has 3 heterocycles. The van der Waals surface area contributed by atoms with E-state index in [1.807, 2.05) is 31.0 Å². The van der Waals surface area contributed by atoms with Gasteiger partial charge < -0.3 is 9.47 Å². The third kappa shape index (κ3) is 4.08. The number of amides is 1. The molecule has 0 atom stereocenters. The number of piperidine rings is 1. The van der Waals surface area contributed by atoms with Gasteiger partial charge in [0, 0.05) is 54.9 Å². The molecule has 2 fully saturated rings. The van der Waals surface area contributed by atoms with E-state index in [1.165, 1.54) is 25.5 Å². The zero-order valence-corrected chi connectivity index (χ0v) is 21.1. The summed E-state index contributed by atoms with van der Waals surface area (Å²) in [6.45, 7) is 3.55. The lowest BCUT2D eigenvalue weighted by atomic mass is 9.72. The van der Waals surface area contributed by atoms with E-state index >= 15 is 0 Å². The molecule has 7 heteroatoms. The lowest BCUT2D eigenvalue weighted by Gasteiger charge is -2.40. The Kier molecular flexibility index (Phi) is 6.31. The standard InChI is InChI=1S/C27H28Cl2N4O/c1-16-10-17(14-30)11-24-21(16)12-20(32(24)2)13-22-25(28)23(15-31-26(22)29)27(34)33-8-6-19(7-9-33)18-4-3-5-18/h10-12,15,18-19H,3-9,13H2,1-2H3. The van der Waals surface area contributed by atoms with Crippen molar-refractivity contribution in [3.05, 3.63) is 62.5 Å². The molecule has 3 aromatic rings. The highest BCUT2D eigenvalue weighted by Crippen LogP contribution is 2.39. The van der Waals surface area contributed by atoms with Crippen LogP contribution in [0.15, 0.2) is 24.4 Å². The number of hydrogen-bond donors (Lipinski definition) is 0. The predicted molar refractivity (Wildman–Crippen MR) is 135 cm³/mol. The molecule has 1 saturated carbocycles. The smallest absolute Gasteiger partial charge is 0.256 e. The molecule has 1 aliphatic heterocycles. The number of aryl methyl sites for hydroxylation is 2. The molecule has 34 heavy (non-hydrogen) atoms. The molecule has 1 aliphatic carbocycles. The van der Waals surface area contributed by atoms with E-state index < -0.39 is 0 Å². The van der Waals surface area contributed by atoms with Crippen LogP contribution in [0, 0.1) is 30.1 Å². The van der Waals surface area contributed by atoms with Gasteiger partial charge in [0.15, 0.2) is 0 Å². The number of benzene rings is 1. The molecule has 0 unspecified atom stereocenters. The van der Waals surface area contributed by atoms with Crippen LogP contribution in [-0.4, -0.2) is 33.4 Å². The molecular weight excluding hydrogens is 467 g/mol. The minimum atomic E-state index is -0.0611. The number of likely N-dealkylation sites (tertiary alicyclic amines) is 1. The van der Waals surface area contributed by atoms with Gasteiger partial charge in [-0.3, -0.25) is 4.79 Å². The maximum Gasteiger partial charge on any atom is 0.256 e. The topological polar surface area (TPSA) is 61.9 Å². The molecule has 1 amide bonds. The number of nitrogens with zero attached hydrogens (tertiary/aromatic N) is 4. The Labute approximate surface area is 210 Å². The van der Waals surface area contributed by atoms with Crippen molar-refractivity contribution >= 4 is 40.0 Å². The number of pyridine rings is 1. The van der Waals surface area contributed by atoms with Crippen molar-refractivity contribution in [2.24, 2.45) is 18.9 Å². The Balaban J connectivity index is 1.41. The van der Waals surface area contributed by atoms with Crippen LogP contribution in [0.4, 0.5) is 0 Å². The molecule has 176 valence electrons. The maximum absolute atomic E-state index is 13.3. The Morgan fingerprint density at radius 2 is 1.85 bits per heavy atom. The van der Waals surface area contributed by atoms with Crippen molar-refractivity contribution < 1.29 is 4.79 Å². The molecule has 5 rings (SSSR count). The Hall–Kier alpha value is -2.55. The zero-order chi connectivity index (χ0) is 24.0. The van der Waals surface area contributed by atoms with Crippen molar-refractivity contribution in [2.75, 3.05) is 13.1 Å². The molecule has 0 bridgehead atoms. The molecule has 0 spiro atoms. The zero-order valence-electron chi connectivity index (χ0n) is 19.6. The second-order valence-electron chi connectivity index (χ2n) is 9.79. The first kappa shape index (κ1) is 23.2. The van der Waals surface area contributed by atoms with Crippen LogP contribution >= 0.6 is 23.2 Å². The van der Waals surface area contributed by atoms with Crippen molar-refractivity contribution in [2.45, 2.75) is 45.4 Å². The SMILES string of the molecule is Cc1cc(C#N)cc2c1cc(Cc1c(Cl)ncc(C(=O)N3CCC(C4CCC4)CC3)c1Cl)n2C. The normalized spacial score (nSPS) is 17.1. The third-order valence-electron chi connectivity index (χ3n) is 7.89. The number of carbonyl (C=O) groups is 1. The summed E-state index contributed by atoms with van der Waals surface area (Å²) in [5.41, 5.74) is 4.72. The van der Waals surface area contributed by atoms with Crippen molar-refractivity contribution in [3.63, 3.8) is 0 Å². The lowest BCUT2D eigenvalue weighted by molar-refractivity contribution is 0.0609. The molecular formula is C27H28Cl2N4O. The second-order valence-corrected chi connectivity index (χ2v) is 10.5. The first-order chi connectivity index (χ1) is 16.4. The Morgan fingerprint density at radius 1 is 1.15 bits per heavy atom. The van der Waals surface area contributed by atoms with E-state index in [0.29, 0.717) is 33.3 Å². The number of aromatic nitrogens is 2. The van der Waals surface area contributed by atoms with Gasteiger partial charge in [-0.15, -0.1) is 0 Å². The average Bonchev–Trinajstić information content (AvgIpc) is 3.11. The molecule has 5 nitrogen and oxygen atoms in total. The fourth-order valence-corrected chi connectivity index (χ4v) is 6.09. The first-order valence-electron chi connectivity index (χ1n) is 12.0. The van der Waals surface area contributed by atoms with Gasteiger partial charge >= 0.3 is 0 Å². The van der Waals surface area contributed by atoms with Gasteiger partial charge in [-0.25, -0.2) is 4.98 Å². The molecule has 1 saturated heterocycles. The van der Waals surface area contributed by atoms with Gasteiger partial charge in [0.1, 0.15) is 5.15 Å². The van der Waals surface area contributed by atoms with Crippen molar-refractivity contribution in [3.8, 4) is 6.07 Å². The minimum Gasteiger partial charge on any atom is -0.347 e. The van der Waals surface area contributed by atoms with E-state index in [2.05, 4.69) is 21.7 Å². The number of rotatable bonds is 4. The van der Waals surface area contributed by atoms with E-state index in [1.54, 1.807) is 0 Å². The maximum atomic E-state index is 13.3. The molecule has 0 N–H and O–H groups in total. The number of fused-ring (bicyclic) bond motifs is 1. The summed E-state index contributed by atoms with van der Waals surface area (Å²) in [5.74, 6) is 1.55. The number of nitriles is 1. The Morgan fingerprint density at radius 3 is 2.50 bits per heavy atom. The third-order valence-corrected chi connectivity index (χ3v) is 8.64. The van der Waals surface area contributed by atoms with Crippen LogP contribution in [0.5, 0.6) is 0 Å². The van der Waals surface area contributed by atoms with Crippen LogP contribution in [0.1, 0.15) is 64.8 Å². The van der Waals surface area contributed by atoms with E-state index in [4.69, 9.17) is 23.2 Å². The highest BCUT2D eigenvalue weighted by molar-refractivity contribution is 6.37. The monoisotopic (exact) mass is 494 g/mol. The van der Waals surface area contributed by atoms with Gasteiger partial charge in [0.05, 0.1) is 22.2 Å². The van der Waals surface area contributed by atoms with Crippen LogP contribution in [0.3, 0.4) is 0 Å². The fraction of sp³-hybridized carbons (Fsp3) is 0.444. The number of halogens is 2. The van der Waals surface area contributed by atoms with Crippen molar-refractivity contribution in [1.82, 2.24) is 14.5 Å². The van der Waals surface area contributed by atoms with E-state index in [9.17, 15) is 10.1 Å². The Bertz CT molecular complexity index is 1310. The highest BCUT2D eigenvalue weighted by Gasteiger charge is 2.32. The molecule has 2 aliphatic rings. The highest BCUT2D eigenvalue weighted by atomic mass is 35.5. The quantitative estimate of drug-likeness (QED) is 0.399. The van der Waals surface area contributed by atoms with Crippen LogP contribution < -0.4 is 0 Å². The van der Waals surface area contributed by atoms with E-state index in [-0.39, 0.29) is 5.91 Å². The van der Waals surface area contributed by atoms with Crippen LogP contribution in [0.2, 0.25) is 10.2 Å². The minimum absolute atomic E-state index is 0.0611. The summed E-state index contributed by atoms with van der Waals surface area (Å²) in [5, 5.41) is 11.1. The van der Waals surface area contributed by atoms with E-state index in [0.717, 1.165) is 59.9 Å². The van der Waals surface area contributed by atoms with Gasteiger partial charge in [-0.2, -0.15) is 5.26 Å². The molecule has 1 aromatic carbocycles. The molecule has 2 aromatic heterocycles.